The SMILES string of the molecule is CCOC(=O)CC(=O)N(N=C(C(=O)OCC)C(C)C)C1CCCCC1. The van der Waals surface area contributed by atoms with Gasteiger partial charge in [0.2, 0.25) is 0 Å². The summed E-state index contributed by atoms with van der Waals surface area (Å²) >= 11 is 0. The molecule has 0 heterocycles. The van der Waals surface area contributed by atoms with Crippen LogP contribution in [-0.2, 0) is 23.9 Å². The number of ether oxygens (including phenoxy) is 2. The topological polar surface area (TPSA) is 85.3 Å². The second-order valence-electron chi connectivity index (χ2n) is 6.37. The molecule has 142 valence electrons. The molecule has 25 heavy (non-hydrogen) atoms. The lowest BCUT2D eigenvalue weighted by Gasteiger charge is -2.31. The van der Waals surface area contributed by atoms with Crippen molar-refractivity contribution in [3.8, 4) is 0 Å². The van der Waals surface area contributed by atoms with E-state index in [1.165, 1.54) is 5.01 Å². The Bertz CT molecular complexity index is 496. The summed E-state index contributed by atoms with van der Waals surface area (Å²) in [7, 11) is 0. The molecule has 0 aromatic carbocycles. The van der Waals surface area contributed by atoms with E-state index in [1.807, 2.05) is 13.8 Å². The van der Waals surface area contributed by atoms with Crippen molar-refractivity contribution in [3.63, 3.8) is 0 Å². The van der Waals surface area contributed by atoms with Crippen molar-refractivity contribution in [3.05, 3.63) is 0 Å². The van der Waals surface area contributed by atoms with E-state index >= 15 is 0 Å². The van der Waals surface area contributed by atoms with Gasteiger partial charge in [-0.25, -0.2) is 9.80 Å². The fraction of sp³-hybridized carbons (Fsp3) is 0.778. The smallest absolute Gasteiger partial charge is 0.354 e. The lowest BCUT2D eigenvalue weighted by Crippen LogP contribution is -2.41. The molecule has 1 aliphatic rings. The second-order valence-corrected chi connectivity index (χ2v) is 6.37. The number of hydrazone groups is 1. The molecule has 0 aromatic heterocycles. The molecular formula is C18H30N2O5. The van der Waals surface area contributed by atoms with E-state index in [1.54, 1.807) is 13.8 Å². The van der Waals surface area contributed by atoms with Gasteiger partial charge in [0, 0.05) is 5.92 Å². The molecule has 7 nitrogen and oxygen atoms in total. The van der Waals surface area contributed by atoms with Gasteiger partial charge in [0.25, 0.3) is 5.91 Å². The van der Waals surface area contributed by atoms with Crippen LogP contribution in [0.5, 0.6) is 0 Å². The molecule has 0 radical (unpaired) electrons. The number of rotatable bonds is 8. The Morgan fingerprint density at radius 1 is 1.04 bits per heavy atom. The highest BCUT2D eigenvalue weighted by molar-refractivity contribution is 6.37. The van der Waals surface area contributed by atoms with Crippen molar-refractivity contribution >= 4 is 23.6 Å². The zero-order chi connectivity index (χ0) is 18.8. The maximum absolute atomic E-state index is 12.6. The Balaban J connectivity index is 3.06. The predicted octanol–water partition coefficient (Wildman–Crippen LogP) is 2.68. The lowest BCUT2D eigenvalue weighted by atomic mass is 9.95. The molecule has 0 atom stereocenters. The van der Waals surface area contributed by atoms with E-state index in [0.29, 0.717) is 0 Å². The first-order valence-electron chi connectivity index (χ1n) is 9.13. The quantitative estimate of drug-likeness (QED) is 0.289. The van der Waals surface area contributed by atoms with Gasteiger partial charge >= 0.3 is 11.9 Å². The minimum absolute atomic E-state index is 0.0983. The third-order valence-corrected chi connectivity index (χ3v) is 4.02. The van der Waals surface area contributed by atoms with Crippen molar-refractivity contribution in [2.75, 3.05) is 13.2 Å². The van der Waals surface area contributed by atoms with E-state index in [0.717, 1.165) is 32.1 Å². The third kappa shape index (κ3) is 6.84. The fourth-order valence-corrected chi connectivity index (χ4v) is 2.80. The molecule has 0 bridgehead atoms. The summed E-state index contributed by atoms with van der Waals surface area (Å²) in [4.78, 5) is 36.5. The van der Waals surface area contributed by atoms with Crippen molar-refractivity contribution in [2.24, 2.45) is 11.0 Å². The highest BCUT2D eigenvalue weighted by atomic mass is 16.5. The fourth-order valence-electron chi connectivity index (χ4n) is 2.80. The minimum Gasteiger partial charge on any atom is -0.466 e. The summed E-state index contributed by atoms with van der Waals surface area (Å²) in [5.41, 5.74) is 0.199. The van der Waals surface area contributed by atoms with Crippen LogP contribution in [-0.4, -0.2) is 47.8 Å². The Hall–Kier alpha value is -1.92. The van der Waals surface area contributed by atoms with Gasteiger partial charge in [-0.1, -0.05) is 33.1 Å². The maximum atomic E-state index is 12.6. The number of carbonyl (C=O) groups excluding carboxylic acids is 3. The van der Waals surface area contributed by atoms with Crippen LogP contribution in [0.25, 0.3) is 0 Å². The molecule has 0 aliphatic heterocycles. The molecule has 0 unspecified atom stereocenters. The summed E-state index contributed by atoms with van der Waals surface area (Å²) in [6.07, 6.45) is 4.37. The first kappa shape index (κ1) is 21.1. The van der Waals surface area contributed by atoms with Gasteiger partial charge in [0.05, 0.1) is 19.3 Å². The van der Waals surface area contributed by atoms with Crippen LogP contribution in [0, 0.1) is 5.92 Å². The van der Waals surface area contributed by atoms with Gasteiger partial charge in [-0.3, -0.25) is 9.59 Å². The van der Waals surface area contributed by atoms with Crippen LogP contribution >= 0.6 is 0 Å². The van der Waals surface area contributed by atoms with E-state index in [-0.39, 0.29) is 37.3 Å². The average molecular weight is 354 g/mol. The van der Waals surface area contributed by atoms with E-state index < -0.39 is 17.8 Å². The summed E-state index contributed by atoms with van der Waals surface area (Å²) in [5.74, 6) is -1.73. The number of carbonyl (C=O) groups is 3. The first-order chi connectivity index (χ1) is 11.9. The van der Waals surface area contributed by atoms with Crippen LogP contribution in [0.4, 0.5) is 0 Å². The second kappa shape index (κ2) is 10.8. The summed E-state index contributed by atoms with van der Waals surface area (Å²) in [6, 6.07) is -0.0983. The van der Waals surface area contributed by atoms with Gasteiger partial charge < -0.3 is 9.47 Å². The monoisotopic (exact) mass is 354 g/mol. The lowest BCUT2D eigenvalue weighted by molar-refractivity contribution is -0.149. The largest absolute Gasteiger partial charge is 0.466 e. The molecular weight excluding hydrogens is 324 g/mol. The molecule has 0 spiro atoms. The van der Waals surface area contributed by atoms with Gasteiger partial charge in [0.1, 0.15) is 12.1 Å². The number of hydrogen-bond acceptors (Lipinski definition) is 6. The van der Waals surface area contributed by atoms with Crippen LogP contribution in [0.3, 0.4) is 0 Å². The molecule has 1 aliphatic carbocycles. The zero-order valence-corrected chi connectivity index (χ0v) is 15.7. The number of hydrogen-bond donors (Lipinski definition) is 0. The molecule has 0 N–H and O–H groups in total. The third-order valence-electron chi connectivity index (χ3n) is 4.02. The molecule has 1 rings (SSSR count). The van der Waals surface area contributed by atoms with E-state index in [2.05, 4.69) is 5.10 Å². The van der Waals surface area contributed by atoms with Gasteiger partial charge in [-0.2, -0.15) is 5.10 Å². The Labute approximate surface area is 149 Å². The van der Waals surface area contributed by atoms with Gasteiger partial charge in [-0.15, -0.1) is 0 Å². The number of amides is 1. The van der Waals surface area contributed by atoms with Crippen LogP contribution in [0.1, 0.15) is 66.2 Å². The number of esters is 2. The molecule has 7 heteroatoms. The first-order valence-corrected chi connectivity index (χ1v) is 9.13. The minimum atomic E-state index is -0.578. The van der Waals surface area contributed by atoms with Crippen molar-refractivity contribution < 1.29 is 23.9 Å². The molecule has 0 aromatic rings. The summed E-state index contributed by atoms with van der Waals surface area (Å²) in [5, 5.41) is 5.67. The summed E-state index contributed by atoms with van der Waals surface area (Å²) < 4.78 is 9.92. The van der Waals surface area contributed by atoms with Crippen molar-refractivity contribution in [1.29, 1.82) is 0 Å². The standard InChI is InChI=1S/C18H30N2O5/c1-5-24-16(22)12-15(21)20(14-10-8-7-9-11-14)19-17(13(3)4)18(23)25-6-2/h13-14H,5-12H2,1-4H3. The Kier molecular flexibility index (Phi) is 9.16. The van der Waals surface area contributed by atoms with E-state index in [9.17, 15) is 14.4 Å². The van der Waals surface area contributed by atoms with Gasteiger partial charge in [-0.05, 0) is 26.7 Å². The predicted molar refractivity (Wildman–Crippen MR) is 93.9 cm³/mol. The highest BCUT2D eigenvalue weighted by Crippen LogP contribution is 2.24. The molecule has 1 fully saturated rings. The maximum Gasteiger partial charge on any atom is 0.354 e. The number of nitrogens with zero attached hydrogens (tertiary/aromatic N) is 2. The molecule has 0 saturated heterocycles. The van der Waals surface area contributed by atoms with Gasteiger partial charge in [0.15, 0.2) is 0 Å². The van der Waals surface area contributed by atoms with Crippen molar-refractivity contribution in [2.45, 2.75) is 72.3 Å². The Morgan fingerprint density at radius 3 is 2.16 bits per heavy atom. The molecule has 1 amide bonds. The van der Waals surface area contributed by atoms with Crippen LogP contribution in [0.15, 0.2) is 5.10 Å². The summed E-state index contributed by atoms with van der Waals surface area (Å²) in [6.45, 7) is 7.52. The van der Waals surface area contributed by atoms with Crippen LogP contribution < -0.4 is 0 Å². The highest BCUT2D eigenvalue weighted by Gasteiger charge is 2.29. The Morgan fingerprint density at radius 2 is 1.64 bits per heavy atom. The normalized spacial score (nSPS) is 15.8. The molecule has 1 saturated carbocycles. The van der Waals surface area contributed by atoms with E-state index in [4.69, 9.17) is 9.47 Å². The average Bonchev–Trinajstić information content (AvgIpc) is 2.56. The van der Waals surface area contributed by atoms with Crippen molar-refractivity contribution in [1.82, 2.24) is 5.01 Å². The zero-order valence-electron chi connectivity index (χ0n) is 15.7. The van der Waals surface area contributed by atoms with Crippen LogP contribution in [0.2, 0.25) is 0 Å².